The number of allylic oxidation sites excluding steroid dienone is 1. The summed E-state index contributed by atoms with van der Waals surface area (Å²) in [5.74, 6) is 0. The lowest BCUT2D eigenvalue weighted by Gasteiger charge is -2.27. The van der Waals surface area contributed by atoms with Gasteiger partial charge in [-0.15, -0.1) is 0 Å². The standard InChI is InChI=1S/C22H23N3O/c1-15(2)16-9-7-10-18(12-16)22(3,4)25-21(26)24-19-13-17-8-5-6-11-20(17)23-14-19/h5-14H,1H2,2-4H3,(H2,24,25,26). The molecule has 2 amide bonds. The van der Waals surface area contributed by atoms with Crippen LogP contribution in [0.4, 0.5) is 10.5 Å². The van der Waals surface area contributed by atoms with Gasteiger partial charge in [-0.05, 0) is 50.1 Å². The fourth-order valence-corrected chi connectivity index (χ4v) is 2.83. The molecule has 3 aromatic rings. The van der Waals surface area contributed by atoms with Crippen molar-refractivity contribution in [2.24, 2.45) is 0 Å². The number of para-hydroxylation sites is 1. The first-order chi connectivity index (χ1) is 12.3. The van der Waals surface area contributed by atoms with E-state index in [-0.39, 0.29) is 6.03 Å². The summed E-state index contributed by atoms with van der Waals surface area (Å²) in [5.41, 5.74) is 4.11. The molecule has 0 aliphatic rings. The number of pyridine rings is 1. The van der Waals surface area contributed by atoms with Gasteiger partial charge >= 0.3 is 6.03 Å². The van der Waals surface area contributed by atoms with Gasteiger partial charge in [-0.3, -0.25) is 4.98 Å². The van der Waals surface area contributed by atoms with Crippen LogP contribution in [0.3, 0.4) is 0 Å². The number of urea groups is 1. The number of amides is 2. The van der Waals surface area contributed by atoms with E-state index in [1.54, 1.807) is 6.20 Å². The van der Waals surface area contributed by atoms with Crippen molar-refractivity contribution in [2.45, 2.75) is 26.3 Å². The second-order valence-corrected chi connectivity index (χ2v) is 6.98. The molecule has 0 saturated carbocycles. The number of anilines is 1. The highest BCUT2D eigenvalue weighted by molar-refractivity contribution is 5.92. The number of hydrogen-bond donors (Lipinski definition) is 2. The Balaban J connectivity index is 1.75. The largest absolute Gasteiger partial charge is 0.329 e. The zero-order valence-corrected chi connectivity index (χ0v) is 15.3. The lowest BCUT2D eigenvalue weighted by atomic mass is 9.92. The Morgan fingerprint density at radius 2 is 1.85 bits per heavy atom. The van der Waals surface area contributed by atoms with Crippen LogP contribution >= 0.6 is 0 Å². The van der Waals surface area contributed by atoms with Gasteiger partial charge in [0.25, 0.3) is 0 Å². The summed E-state index contributed by atoms with van der Waals surface area (Å²) in [7, 11) is 0. The van der Waals surface area contributed by atoms with Crippen molar-refractivity contribution < 1.29 is 4.79 Å². The molecular formula is C22H23N3O. The molecule has 3 rings (SSSR count). The number of rotatable bonds is 4. The van der Waals surface area contributed by atoms with Crippen LogP contribution in [0.2, 0.25) is 0 Å². The van der Waals surface area contributed by atoms with Crippen LogP contribution < -0.4 is 10.6 Å². The average Bonchev–Trinajstić information content (AvgIpc) is 2.61. The molecule has 1 heterocycles. The molecule has 2 aromatic carbocycles. The van der Waals surface area contributed by atoms with Gasteiger partial charge in [-0.25, -0.2) is 4.79 Å². The third kappa shape index (κ3) is 3.91. The molecule has 26 heavy (non-hydrogen) atoms. The summed E-state index contributed by atoms with van der Waals surface area (Å²) in [6.45, 7) is 9.90. The molecule has 0 spiro atoms. The van der Waals surface area contributed by atoms with Crippen LogP contribution in [0.15, 0.2) is 67.4 Å². The first-order valence-electron chi connectivity index (χ1n) is 8.55. The zero-order valence-electron chi connectivity index (χ0n) is 15.3. The SMILES string of the molecule is C=C(C)c1cccc(C(C)(C)NC(=O)Nc2cnc3ccccc3c2)c1. The second kappa shape index (κ2) is 7.00. The van der Waals surface area contributed by atoms with E-state index in [0.29, 0.717) is 5.69 Å². The van der Waals surface area contributed by atoms with Gasteiger partial charge in [-0.1, -0.05) is 48.6 Å². The zero-order chi connectivity index (χ0) is 18.7. The Morgan fingerprint density at radius 3 is 2.62 bits per heavy atom. The van der Waals surface area contributed by atoms with Crippen molar-refractivity contribution in [3.63, 3.8) is 0 Å². The van der Waals surface area contributed by atoms with Crippen molar-refractivity contribution in [1.29, 1.82) is 0 Å². The highest BCUT2D eigenvalue weighted by atomic mass is 16.2. The number of aromatic nitrogens is 1. The van der Waals surface area contributed by atoms with Gasteiger partial charge in [0.15, 0.2) is 0 Å². The summed E-state index contributed by atoms with van der Waals surface area (Å²) in [6.07, 6.45) is 1.66. The summed E-state index contributed by atoms with van der Waals surface area (Å²) in [6, 6.07) is 17.5. The van der Waals surface area contributed by atoms with E-state index in [1.165, 1.54) is 0 Å². The Bertz CT molecular complexity index is 976. The molecule has 0 saturated heterocycles. The molecule has 0 unspecified atom stereocenters. The predicted octanol–water partition coefficient (Wildman–Crippen LogP) is 5.32. The number of nitrogens with zero attached hydrogens (tertiary/aromatic N) is 1. The topological polar surface area (TPSA) is 54.0 Å². The first kappa shape index (κ1) is 17.7. The monoisotopic (exact) mass is 345 g/mol. The van der Waals surface area contributed by atoms with E-state index >= 15 is 0 Å². The molecular weight excluding hydrogens is 322 g/mol. The average molecular weight is 345 g/mol. The quantitative estimate of drug-likeness (QED) is 0.672. The molecule has 0 atom stereocenters. The Kier molecular flexibility index (Phi) is 4.76. The van der Waals surface area contributed by atoms with E-state index in [2.05, 4.69) is 28.3 Å². The fraction of sp³-hybridized carbons (Fsp3) is 0.182. The molecule has 4 heteroatoms. The van der Waals surface area contributed by atoms with Crippen molar-refractivity contribution >= 4 is 28.2 Å². The molecule has 0 bridgehead atoms. The highest BCUT2D eigenvalue weighted by Gasteiger charge is 2.23. The first-order valence-corrected chi connectivity index (χ1v) is 8.55. The smallest absolute Gasteiger partial charge is 0.319 e. The summed E-state index contributed by atoms with van der Waals surface area (Å²) >= 11 is 0. The van der Waals surface area contributed by atoms with Crippen LogP contribution in [-0.2, 0) is 5.54 Å². The highest BCUT2D eigenvalue weighted by Crippen LogP contribution is 2.24. The maximum absolute atomic E-state index is 12.5. The van der Waals surface area contributed by atoms with Crippen LogP contribution in [0.25, 0.3) is 16.5 Å². The van der Waals surface area contributed by atoms with Gasteiger partial charge in [0.2, 0.25) is 0 Å². The predicted molar refractivity (Wildman–Crippen MR) is 108 cm³/mol. The van der Waals surface area contributed by atoms with Gasteiger partial charge in [-0.2, -0.15) is 0 Å². The van der Waals surface area contributed by atoms with E-state index in [0.717, 1.165) is 27.6 Å². The second-order valence-electron chi connectivity index (χ2n) is 6.98. The van der Waals surface area contributed by atoms with Crippen molar-refractivity contribution in [1.82, 2.24) is 10.3 Å². The van der Waals surface area contributed by atoms with Crippen molar-refractivity contribution in [2.75, 3.05) is 5.32 Å². The lowest BCUT2D eigenvalue weighted by molar-refractivity contribution is 0.242. The minimum absolute atomic E-state index is 0.271. The van der Waals surface area contributed by atoms with E-state index in [9.17, 15) is 4.79 Å². The summed E-state index contributed by atoms with van der Waals surface area (Å²) < 4.78 is 0. The minimum Gasteiger partial charge on any atom is -0.329 e. The van der Waals surface area contributed by atoms with E-state index in [4.69, 9.17) is 0 Å². The van der Waals surface area contributed by atoms with Gasteiger partial charge in [0, 0.05) is 5.39 Å². The van der Waals surface area contributed by atoms with Crippen LogP contribution in [-0.4, -0.2) is 11.0 Å². The van der Waals surface area contributed by atoms with Gasteiger partial charge in [0.1, 0.15) is 0 Å². The molecule has 4 nitrogen and oxygen atoms in total. The third-order valence-electron chi connectivity index (χ3n) is 4.35. The number of fused-ring (bicyclic) bond motifs is 1. The van der Waals surface area contributed by atoms with Gasteiger partial charge in [0.05, 0.1) is 22.9 Å². The Hall–Kier alpha value is -3.14. The molecule has 2 N–H and O–H groups in total. The van der Waals surface area contributed by atoms with Gasteiger partial charge < -0.3 is 10.6 Å². The molecule has 1 aromatic heterocycles. The van der Waals surface area contributed by atoms with Crippen LogP contribution in [0.1, 0.15) is 31.9 Å². The molecule has 0 fully saturated rings. The van der Waals surface area contributed by atoms with E-state index < -0.39 is 5.54 Å². The number of nitrogens with one attached hydrogen (secondary N) is 2. The number of benzene rings is 2. The van der Waals surface area contributed by atoms with Crippen LogP contribution in [0.5, 0.6) is 0 Å². The normalized spacial score (nSPS) is 11.2. The summed E-state index contributed by atoms with van der Waals surface area (Å²) in [5, 5.41) is 6.88. The molecule has 132 valence electrons. The molecule has 0 radical (unpaired) electrons. The lowest BCUT2D eigenvalue weighted by Crippen LogP contribution is -2.43. The van der Waals surface area contributed by atoms with E-state index in [1.807, 2.05) is 69.3 Å². The van der Waals surface area contributed by atoms with Crippen molar-refractivity contribution in [3.8, 4) is 0 Å². The minimum atomic E-state index is -0.528. The maximum Gasteiger partial charge on any atom is 0.319 e. The maximum atomic E-state index is 12.5. The van der Waals surface area contributed by atoms with Crippen LogP contribution in [0, 0.1) is 0 Å². The fourth-order valence-electron chi connectivity index (χ4n) is 2.83. The number of hydrogen-bond acceptors (Lipinski definition) is 2. The van der Waals surface area contributed by atoms with Crippen molar-refractivity contribution in [3.05, 3.63) is 78.5 Å². The third-order valence-corrected chi connectivity index (χ3v) is 4.35. The number of carbonyl (C=O) groups excluding carboxylic acids is 1. The molecule has 0 aliphatic heterocycles. The Morgan fingerprint density at radius 1 is 1.08 bits per heavy atom. The number of carbonyl (C=O) groups is 1. The Labute approximate surface area is 154 Å². The molecule has 0 aliphatic carbocycles. The summed E-state index contributed by atoms with van der Waals surface area (Å²) in [4.78, 5) is 16.9.